The van der Waals surface area contributed by atoms with E-state index in [0.29, 0.717) is 36.7 Å². The summed E-state index contributed by atoms with van der Waals surface area (Å²) in [6.07, 6.45) is 4.11. The number of fused-ring (bicyclic) bond motifs is 1. The molecule has 148 valence electrons. The fourth-order valence-electron chi connectivity index (χ4n) is 4.16. The molecule has 2 N–H and O–H groups in total. The van der Waals surface area contributed by atoms with E-state index >= 15 is 0 Å². The number of hydrogen-bond donors (Lipinski definition) is 2. The normalized spacial score (nSPS) is 20.8. The van der Waals surface area contributed by atoms with Gasteiger partial charge in [0.1, 0.15) is 18.1 Å². The zero-order chi connectivity index (χ0) is 20.0. The molecule has 0 saturated heterocycles. The van der Waals surface area contributed by atoms with Crippen LogP contribution < -0.4 is 10.1 Å². The van der Waals surface area contributed by atoms with Crippen molar-refractivity contribution in [2.24, 2.45) is 0 Å². The molecule has 1 aromatic carbocycles. The minimum atomic E-state index is -0.436. The predicted molar refractivity (Wildman–Crippen MR) is 104 cm³/mol. The minimum absolute atomic E-state index is 0.0160. The fraction of sp³-hybridized carbons (Fsp3) is 0.286. The highest BCUT2D eigenvalue weighted by Crippen LogP contribution is 2.44. The largest absolute Gasteiger partial charge is 0.504 e. The SMILES string of the molecule is CCOc1cc([C@@H]2C3=C(C[C@@H](c4ccco4)CC3=O)Nc3ncnn32)ccc1O. The first-order valence-electron chi connectivity index (χ1n) is 9.57. The van der Waals surface area contributed by atoms with Crippen molar-refractivity contribution in [3.63, 3.8) is 0 Å². The molecular weight excluding hydrogens is 372 g/mol. The Labute approximate surface area is 166 Å². The lowest BCUT2D eigenvalue weighted by atomic mass is 9.79. The molecule has 0 spiro atoms. The van der Waals surface area contributed by atoms with Gasteiger partial charge in [-0.3, -0.25) is 4.79 Å². The second-order valence-corrected chi connectivity index (χ2v) is 7.15. The number of ether oxygens (including phenoxy) is 1. The monoisotopic (exact) mass is 392 g/mol. The van der Waals surface area contributed by atoms with Gasteiger partial charge in [0.25, 0.3) is 0 Å². The second-order valence-electron chi connectivity index (χ2n) is 7.15. The summed E-state index contributed by atoms with van der Waals surface area (Å²) in [6.45, 7) is 2.28. The molecule has 2 atom stereocenters. The number of allylic oxidation sites excluding steroid dienone is 2. The Kier molecular flexibility index (Phi) is 4.12. The molecule has 29 heavy (non-hydrogen) atoms. The van der Waals surface area contributed by atoms with Gasteiger partial charge < -0.3 is 19.6 Å². The summed E-state index contributed by atoms with van der Waals surface area (Å²) in [5, 5.41) is 17.7. The maximum absolute atomic E-state index is 13.2. The summed E-state index contributed by atoms with van der Waals surface area (Å²) in [5.74, 6) is 1.84. The first-order valence-corrected chi connectivity index (χ1v) is 9.57. The van der Waals surface area contributed by atoms with Gasteiger partial charge in [0, 0.05) is 23.6 Å². The minimum Gasteiger partial charge on any atom is -0.504 e. The molecule has 0 bridgehead atoms. The van der Waals surface area contributed by atoms with Gasteiger partial charge in [0.2, 0.25) is 5.95 Å². The lowest BCUT2D eigenvalue weighted by Crippen LogP contribution is -2.33. The fourth-order valence-corrected chi connectivity index (χ4v) is 4.16. The third kappa shape index (κ3) is 2.88. The van der Waals surface area contributed by atoms with Crippen LogP contribution in [0.5, 0.6) is 11.5 Å². The second kappa shape index (κ2) is 6.80. The summed E-state index contributed by atoms with van der Waals surface area (Å²) in [7, 11) is 0. The van der Waals surface area contributed by atoms with Crippen LogP contribution in [0.2, 0.25) is 0 Å². The van der Waals surface area contributed by atoms with Crippen LogP contribution in [0, 0.1) is 0 Å². The summed E-state index contributed by atoms with van der Waals surface area (Å²) < 4.78 is 12.8. The van der Waals surface area contributed by atoms with Crippen LogP contribution in [0.1, 0.15) is 43.0 Å². The van der Waals surface area contributed by atoms with Gasteiger partial charge in [0.05, 0.1) is 12.9 Å². The molecule has 1 aliphatic carbocycles. The zero-order valence-corrected chi connectivity index (χ0v) is 15.8. The highest BCUT2D eigenvalue weighted by Gasteiger charge is 2.40. The van der Waals surface area contributed by atoms with Gasteiger partial charge >= 0.3 is 0 Å². The number of carbonyl (C=O) groups excluding carboxylic acids is 1. The standard InChI is InChI=1S/C21H20N4O4/c1-2-28-18-10-12(5-6-15(18)26)20-19-14(24-21-22-11-23-25(20)21)8-13(9-16(19)27)17-4-3-7-29-17/h3-7,10-11,13,20,26H,2,8-9H2,1H3,(H,22,23,24)/t13-,20-/m1/s1. The van der Waals surface area contributed by atoms with Gasteiger partial charge in [0.15, 0.2) is 17.3 Å². The lowest BCUT2D eigenvalue weighted by Gasteiger charge is -2.34. The molecule has 1 aliphatic heterocycles. The number of benzene rings is 1. The van der Waals surface area contributed by atoms with Crippen LogP contribution >= 0.6 is 0 Å². The number of phenols is 1. The van der Waals surface area contributed by atoms with E-state index in [1.165, 1.54) is 6.33 Å². The number of aromatic nitrogens is 3. The maximum atomic E-state index is 13.2. The number of Topliss-reactive ketones (excluding diaryl/α,β-unsaturated/α-hetero) is 1. The van der Waals surface area contributed by atoms with Crippen molar-refractivity contribution in [1.29, 1.82) is 0 Å². The van der Waals surface area contributed by atoms with Crippen molar-refractivity contribution in [3.05, 3.63) is 65.5 Å². The van der Waals surface area contributed by atoms with Gasteiger partial charge in [-0.1, -0.05) is 6.07 Å². The average molecular weight is 392 g/mol. The molecule has 0 amide bonds. The van der Waals surface area contributed by atoms with Crippen molar-refractivity contribution in [1.82, 2.24) is 14.8 Å². The predicted octanol–water partition coefficient (Wildman–Crippen LogP) is 3.39. The number of rotatable bonds is 4. The maximum Gasteiger partial charge on any atom is 0.226 e. The smallest absolute Gasteiger partial charge is 0.226 e. The van der Waals surface area contributed by atoms with E-state index in [0.717, 1.165) is 17.0 Å². The van der Waals surface area contributed by atoms with Crippen molar-refractivity contribution >= 4 is 11.7 Å². The number of aromatic hydroxyl groups is 1. The number of phenolic OH excluding ortho intramolecular Hbond substituents is 1. The number of ketones is 1. The highest BCUT2D eigenvalue weighted by molar-refractivity contribution is 6.00. The Bertz CT molecular complexity index is 1100. The van der Waals surface area contributed by atoms with Crippen LogP contribution in [-0.2, 0) is 4.79 Å². The molecule has 8 heteroatoms. The van der Waals surface area contributed by atoms with E-state index in [1.807, 2.05) is 19.1 Å². The number of anilines is 1. The van der Waals surface area contributed by atoms with E-state index < -0.39 is 6.04 Å². The molecule has 3 aromatic rings. The quantitative estimate of drug-likeness (QED) is 0.701. The van der Waals surface area contributed by atoms with Crippen LogP contribution in [0.25, 0.3) is 0 Å². The zero-order valence-electron chi connectivity index (χ0n) is 15.8. The molecule has 8 nitrogen and oxygen atoms in total. The van der Waals surface area contributed by atoms with Gasteiger partial charge in [-0.05, 0) is 43.2 Å². The van der Waals surface area contributed by atoms with E-state index in [2.05, 4.69) is 15.4 Å². The Morgan fingerprint density at radius 2 is 2.24 bits per heavy atom. The van der Waals surface area contributed by atoms with E-state index in [-0.39, 0.29) is 17.5 Å². The molecule has 0 unspecified atom stereocenters. The van der Waals surface area contributed by atoms with Crippen LogP contribution in [0.15, 0.2) is 58.6 Å². The van der Waals surface area contributed by atoms with Crippen molar-refractivity contribution < 1.29 is 19.1 Å². The Hall–Kier alpha value is -3.55. The lowest BCUT2D eigenvalue weighted by molar-refractivity contribution is -0.117. The first-order chi connectivity index (χ1) is 14.2. The molecule has 5 rings (SSSR count). The van der Waals surface area contributed by atoms with E-state index in [4.69, 9.17) is 9.15 Å². The molecular formula is C21H20N4O4. The van der Waals surface area contributed by atoms with Crippen molar-refractivity contribution in [2.45, 2.75) is 31.7 Å². The Morgan fingerprint density at radius 1 is 1.34 bits per heavy atom. The van der Waals surface area contributed by atoms with Crippen LogP contribution in [0.3, 0.4) is 0 Å². The summed E-state index contributed by atoms with van der Waals surface area (Å²) in [6, 6.07) is 8.43. The van der Waals surface area contributed by atoms with Crippen LogP contribution in [0.4, 0.5) is 5.95 Å². The van der Waals surface area contributed by atoms with Crippen LogP contribution in [-0.4, -0.2) is 32.3 Å². The first kappa shape index (κ1) is 17.5. The summed E-state index contributed by atoms with van der Waals surface area (Å²) in [5.41, 5.74) is 2.30. The number of furan rings is 1. The Balaban J connectivity index is 1.61. The van der Waals surface area contributed by atoms with E-state index in [1.54, 1.807) is 29.1 Å². The summed E-state index contributed by atoms with van der Waals surface area (Å²) in [4.78, 5) is 17.5. The van der Waals surface area contributed by atoms with Gasteiger partial charge in [-0.2, -0.15) is 10.1 Å². The molecule has 2 aliphatic rings. The summed E-state index contributed by atoms with van der Waals surface area (Å²) >= 11 is 0. The molecule has 2 aromatic heterocycles. The highest BCUT2D eigenvalue weighted by atomic mass is 16.5. The number of nitrogens with zero attached hydrogens (tertiary/aromatic N) is 3. The number of carbonyl (C=O) groups is 1. The van der Waals surface area contributed by atoms with Gasteiger partial charge in [-0.25, -0.2) is 4.68 Å². The average Bonchev–Trinajstić information content (AvgIpc) is 3.40. The third-order valence-electron chi connectivity index (χ3n) is 5.41. The Morgan fingerprint density at radius 3 is 3.03 bits per heavy atom. The number of nitrogens with one attached hydrogen (secondary N) is 1. The molecule has 3 heterocycles. The molecule has 0 fully saturated rings. The van der Waals surface area contributed by atoms with Crippen molar-refractivity contribution in [2.75, 3.05) is 11.9 Å². The topological polar surface area (TPSA) is 102 Å². The molecule has 0 radical (unpaired) electrons. The van der Waals surface area contributed by atoms with Crippen molar-refractivity contribution in [3.8, 4) is 11.5 Å². The number of hydrogen-bond acceptors (Lipinski definition) is 7. The van der Waals surface area contributed by atoms with Gasteiger partial charge in [-0.15, -0.1) is 0 Å². The third-order valence-corrected chi connectivity index (χ3v) is 5.41. The van der Waals surface area contributed by atoms with E-state index in [9.17, 15) is 9.90 Å². The molecule has 0 saturated carbocycles.